The standard InChI is InChI=1S/C33H39N6O7PS2.C8H12N2/c1-2-46-47(42,19-20-48-22-27(21-34)38-33(41)24-9-13-25(35)14-10-24)39-26-15-11-23(12-16-26)32(40)37-18-17-36-30-7-3-6-29-28(30)5-4-8-31(29)49(43,44)45;1-10(2)8-5-3-7(9)4-6-8/h3-16,19-20,27,36H,2,17-18,21-22,34-35H2,1H3,(H,37,40)(H,38,41)(H,39,42)(H,43,44,45);3-6H,9H2,1-2H3/b20-19-;. The van der Waals surface area contributed by atoms with E-state index in [4.69, 9.17) is 21.7 Å². The van der Waals surface area contributed by atoms with Crippen molar-refractivity contribution >= 4 is 80.4 Å². The van der Waals surface area contributed by atoms with Gasteiger partial charge in [-0.2, -0.15) is 8.42 Å². The largest absolute Gasteiger partial charge is 0.399 e. The van der Waals surface area contributed by atoms with E-state index in [9.17, 15) is 27.1 Å². The highest BCUT2D eigenvalue weighted by molar-refractivity contribution is 8.02. The molecule has 0 saturated carbocycles. The average Bonchev–Trinajstić information content (AvgIpc) is 3.21. The molecule has 0 aliphatic carbocycles. The number of hydrogen-bond donors (Lipinski definition) is 8. The minimum Gasteiger partial charge on any atom is -0.399 e. The quantitative estimate of drug-likeness (QED) is 0.0204. The number of carbonyl (C=O) groups is 2. The number of carbonyl (C=O) groups excluding carboxylic acids is 2. The number of benzene rings is 5. The predicted molar refractivity (Wildman–Crippen MR) is 242 cm³/mol. The molecule has 5 rings (SSSR count). The molecule has 0 bridgehead atoms. The first-order valence-electron chi connectivity index (χ1n) is 18.4. The third kappa shape index (κ3) is 14.4. The lowest BCUT2D eigenvalue weighted by atomic mass is 10.1. The number of amides is 2. The summed E-state index contributed by atoms with van der Waals surface area (Å²) in [4.78, 5) is 27.1. The van der Waals surface area contributed by atoms with E-state index in [-0.39, 0.29) is 42.4 Å². The molecule has 2 unspecified atom stereocenters. The lowest BCUT2D eigenvalue weighted by Gasteiger charge is -2.18. The maximum absolute atomic E-state index is 13.5. The topological polar surface area (TPSA) is 244 Å². The summed E-state index contributed by atoms with van der Waals surface area (Å²) in [6, 6.07) is 30.1. The molecule has 2 amide bonds. The highest BCUT2D eigenvalue weighted by atomic mass is 32.2. The van der Waals surface area contributed by atoms with Crippen molar-refractivity contribution in [2.75, 3.05) is 72.9 Å². The van der Waals surface area contributed by atoms with E-state index < -0.39 is 17.6 Å². The second-order valence-electron chi connectivity index (χ2n) is 13.2. The molecule has 15 nitrogen and oxygen atoms in total. The van der Waals surface area contributed by atoms with Gasteiger partial charge in [0, 0.05) is 95.6 Å². The third-order valence-electron chi connectivity index (χ3n) is 8.49. The van der Waals surface area contributed by atoms with Crippen LogP contribution in [0.25, 0.3) is 10.8 Å². The summed E-state index contributed by atoms with van der Waals surface area (Å²) in [5.41, 5.74) is 21.6. The van der Waals surface area contributed by atoms with Crippen LogP contribution in [0.3, 0.4) is 0 Å². The second kappa shape index (κ2) is 22.0. The van der Waals surface area contributed by atoms with Gasteiger partial charge in [0.15, 0.2) is 0 Å². The van der Waals surface area contributed by atoms with Crippen LogP contribution in [0.15, 0.2) is 125 Å². The number of nitrogens with one attached hydrogen (secondary N) is 4. The minimum absolute atomic E-state index is 0.179. The van der Waals surface area contributed by atoms with Gasteiger partial charge in [-0.1, -0.05) is 24.3 Å². The number of nitrogens with zero attached hydrogens (tertiary/aromatic N) is 1. The second-order valence-corrected chi connectivity index (χ2v) is 17.5. The lowest BCUT2D eigenvalue weighted by Crippen LogP contribution is -2.41. The smallest absolute Gasteiger partial charge is 0.317 e. The van der Waals surface area contributed by atoms with E-state index >= 15 is 0 Å². The Hall–Kier alpha value is -5.55. The molecule has 0 aliphatic heterocycles. The number of rotatable bonds is 18. The van der Waals surface area contributed by atoms with Crippen molar-refractivity contribution in [1.29, 1.82) is 0 Å². The van der Waals surface area contributed by atoms with Crippen LogP contribution < -0.4 is 43.1 Å². The summed E-state index contributed by atoms with van der Waals surface area (Å²) in [5, 5.41) is 14.4. The van der Waals surface area contributed by atoms with E-state index in [2.05, 4.69) is 21.0 Å². The Bertz CT molecular complexity index is 2350. The Kier molecular flexibility index (Phi) is 17.2. The van der Waals surface area contributed by atoms with Crippen LogP contribution in [-0.4, -0.2) is 76.9 Å². The monoisotopic (exact) mass is 862 g/mol. The number of anilines is 5. The summed E-state index contributed by atoms with van der Waals surface area (Å²) < 4.78 is 52.0. The number of nitrogens with two attached hydrogens (primary N) is 3. The van der Waals surface area contributed by atoms with Gasteiger partial charge in [0.2, 0.25) is 0 Å². The molecule has 2 atom stereocenters. The normalized spacial score (nSPS) is 12.8. The highest BCUT2D eigenvalue weighted by Crippen LogP contribution is 2.48. The zero-order valence-corrected chi connectivity index (χ0v) is 35.5. The van der Waals surface area contributed by atoms with Crippen LogP contribution in [0.4, 0.5) is 28.4 Å². The summed E-state index contributed by atoms with van der Waals surface area (Å²) in [7, 11) is -3.82. The van der Waals surface area contributed by atoms with E-state index in [1.165, 1.54) is 29.3 Å². The van der Waals surface area contributed by atoms with Gasteiger partial charge in [-0.05, 0) is 97.3 Å². The van der Waals surface area contributed by atoms with Crippen LogP contribution in [0.1, 0.15) is 27.6 Å². The number of fused-ring (bicyclic) bond motifs is 1. The minimum atomic E-state index is -4.38. The molecule has 0 fully saturated rings. The first-order valence-corrected chi connectivity index (χ1v) is 22.6. The Labute approximate surface area is 349 Å². The Morgan fingerprint density at radius 1 is 0.847 bits per heavy atom. The lowest BCUT2D eigenvalue weighted by molar-refractivity contribution is 0.0938. The fraction of sp³-hybridized carbons (Fsp3) is 0.220. The van der Waals surface area contributed by atoms with Gasteiger partial charge in [-0.3, -0.25) is 18.7 Å². The molecule has 5 aromatic rings. The van der Waals surface area contributed by atoms with Crippen molar-refractivity contribution in [2.24, 2.45) is 5.73 Å². The van der Waals surface area contributed by atoms with Gasteiger partial charge in [-0.25, -0.2) is 0 Å². The van der Waals surface area contributed by atoms with Crippen molar-refractivity contribution in [3.05, 3.63) is 132 Å². The Morgan fingerprint density at radius 3 is 2.05 bits per heavy atom. The van der Waals surface area contributed by atoms with Gasteiger partial charge in [0.25, 0.3) is 21.9 Å². The fourth-order valence-corrected chi connectivity index (χ4v) is 8.83. The van der Waals surface area contributed by atoms with Crippen molar-refractivity contribution < 1.29 is 31.6 Å². The predicted octanol–water partition coefficient (Wildman–Crippen LogP) is 6.45. The molecule has 0 aliphatic rings. The van der Waals surface area contributed by atoms with Crippen LogP contribution in [-0.2, 0) is 19.2 Å². The van der Waals surface area contributed by atoms with Gasteiger partial charge in [-0.15, -0.1) is 11.8 Å². The number of hydrogen-bond acceptors (Lipinski definition) is 12. The van der Waals surface area contributed by atoms with E-state index in [1.54, 1.807) is 91.2 Å². The summed E-state index contributed by atoms with van der Waals surface area (Å²) in [6.07, 6.45) is 0. The first-order chi connectivity index (χ1) is 28.1. The average molecular weight is 863 g/mol. The Morgan fingerprint density at radius 2 is 1.44 bits per heavy atom. The van der Waals surface area contributed by atoms with Gasteiger partial charge in [0.1, 0.15) is 4.90 Å². The first kappa shape index (κ1) is 46.1. The van der Waals surface area contributed by atoms with Crippen molar-refractivity contribution in [3.63, 3.8) is 0 Å². The summed E-state index contributed by atoms with van der Waals surface area (Å²) in [6.45, 7) is 2.75. The molecule has 0 saturated heterocycles. The molecule has 18 heteroatoms. The molecular formula is C41H51N8O7PS2. The molecule has 5 aromatic carbocycles. The molecular weight excluding hydrogens is 812 g/mol. The number of nitrogen functional groups attached to an aromatic ring is 2. The van der Waals surface area contributed by atoms with Crippen LogP contribution in [0.5, 0.6) is 0 Å². The van der Waals surface area contributed by atoms with E-state index in [0.717, 1.165) is 5.69 Å². The SMILES string of the molecule is CCOP(=O)(/C=C\SCC(CN)NC(=O)c1ccc(N)cc1)Nc1ccc(C(=O)NCCNc2cccc3c(S(=O)(=O)O)cccc23)cc1.CN(C)c1ccc(N)cc1. The third-order valence-corrected chi connectivity index (χ3v) is 12.3. The fourth-order valence-electron chi connectivity index (χ4n) is 5.46. The molecule has 11 N–H and O–H groups in total. The van der Waals surface area contributed by atoms with Crippen molar-refractivity contribution in [1.82, 2.24) is 10.6 Å². The zero-order valence-electron chi connectivity index (χ0n) is 33.0. The van der Waals surface area contributed by atoms with Gasteiger partial charge < -0.3 is 47.7 Å². The molecule has 314 valence electrons. The van der Waals surface area contributed by atoms with Crippen LogP contribution in [0.2, 0.25) is 0 Å². The maximum atomic E-state index is 13.5. The molecule has 0 heterocycles. The van der Waals surface area contributed by atoms with Gasteiger partial charge >= 0.3 is 7.52 Å². The zero-order chi connectivity index (χ0) is 43.0. The van der Waals surface area contributed by atoms with Crippen LogP contribution >= 0.6 is 19.3 Å². The number of thioether (sulfide) groups is 1. The van der Waals surface area contributed by atoms with Crippen molar-refractivity contribution in [3.8, 4) is 0 Å². The van der Waals surface area contributed by atoms with Crippen molar-refractivity contribution in [2.45, 2.75) is 17.9 Å². The maximum Gasteiger partial charge on any atom is 0.317 e. The Balaban J connectivity index is 0.000000670. The van der Waals surface area contributed by atoms with Crippen LogP contribution in [0, 0.1) is 0 Å². The summed E-state index contributed by atoms with van der Waals surface area (Å²) in [5.74, 6) is 1.30. The van der Waals surface area contributed by atoms with Gasteiger partial charge in [0.05, 0.1) is 12.6 Å². The van der Waals surface area contributed by atoms with E-state index in [0.29, 0.717) is 51.3 Å². The van der Waals surface area contributed by atoms with E-state index in [1.807, 2.05) is 43.3 Å². The molecule has 0 spiro atoms. The summed E-state index contributed by atoms with van der Waals surface area (Å²) >= 11 is 1.33. The molecule has 0 radical (unpaired) electrons. The highest BCUT2D eigenvalue weighted by Gasteiger charge is 2.20. The molecule has 59 heavy (non-hydrogen) atoms. The molecule has 0 aromatic heterocycles.